The first-order chi connectivity index (χ1) is 9.98. The number of fused-ring (bicyclic) bond motifs is 1. The fourth-order valence-corrected chi connectivity index (χ4v) is 2.81. The van der Waals surface area contributed by atoms with E-state index in [1.807, 2.05) is 19.9 Å². The number of ether oxygens (including phenoxy) is 1. The molecule has 0 aromatic heterocycles. The van der Waals surface area contributed by atoms with Crippen LogP contribution in [0.4, 0.5) is 4.39 Å². The minimum atomic E-state index is -0.344. The second kappa shape index (κ2) is 5.11. The van der Waals surface area contributed by atoms with E-state index in [9.17, 15) is 9.18 Å². The second-order valence-electron chi connectivity index (χ2n) is 5.98. The van der Waals surface area contributed by atoms with Gasteiger partial charge in [0.1, 0.15) is 5.82 Å². The molecule has 3 nitrogen and oxygen atoms in total. The van der Waals surface area contributed by atoms with Crippen molar-refractivity contribution in [2.45, 2.75) is 19.4 Å². The van der Waals surface area contributed by atoms with Gasteiger partial charge in [-0.3, -0.25) is 4.79 Å². The van der Waals surface area contributed by atoms with E-state index in [-0.39, 0.29) is 17.3 Å². The van der Waals surface area contributed by atoms with Gasteiger partial charge in [0.15, 0.2) is 0 Å². The van der Waals surface area contributed by atoms with Gasteiger partial charge in [0.25, 0.3) is 5.91 Å². The van der Waals surface area contributed by atoms with E-state index in [1.54, 1.807) is 29.2 Å². The highest BCUT2D eigenvalue weighted by atomic mass is 19.1. The molecule has 1 amide bonds. The van der Waals surface area contributed by atoms with E-state index < -0.39 is 0 Å². The summed E-state index contributed by atoms with van der Waals surface area (Å²) in [6.07, 6.45) is 0. The molecular weight excluding hydrogens is 269 g/mol. The van der Waals surface area contributed by atoms with Gasteiger partial charge in [0.2, 0.25) is 0 Å². The Balaban J connectivity index is 2.01. The van der Waals surface area contributed by atoms with Gasteiger partial charge in [0, 0.05) is 24.0 Å². The van der Waals surface area contributed by atoms with E-state index in [1.165, 1.54) is 6.07 Å². The Hall–Kier alpha value is -1.94. The summed E-state index contributed by atoms with van der Waals surface area (Å²) >= 11 is 0. The van der Waals surface area contributed by atoms with Crippen molar-refractivity contribution < 1.29 is 13.9 Å². The van der Waals surface area contributed by atoms with Gasteiger partial charge < -0.3 is 9.64 Å². The van der Waals surface area contributed by atoms with Crippen LogP contribution >= 0.6 is 0 Å². The van der Waals surface area contributed by atoms with Crippen molar-refractivity contribution >= 4 is 16.7 Å². The molecule has 1 saturated heterocycles. The molecule has 3 rings (SSSR count). The third-order valence-electron chi connectivity index (χ3n) is 3.81. The topological polar surface area (TPSA) is 29.5 Å². The molecule has 1 aliphatic heterocycles. The van der Waals surface area contributed by atoms with Gasteiger partial charge in [-0.25, -0.2) is 4.39 Å². The molecule has 0 spiro atoms. The average Bonchev–Trinajstić information content (AvgIpc) is 2.46. The number of amides is 1. The van der Waals surface area contributed by atoms with Crippen LogP contribution in [0.15, 0.2) is 36.4 Å². The van der Waals surface area contributed by atoms with Crippen molar-refractivity contribution in [3.8, 4) is 0 Å². The molecule has 0 radical (unpaired) electrons. The first-order valence-electron chi connectivity index (χ1n) is 7.08. The zero-order valence-electron chi connectivity index (χ0n) is 12.2. The monoisotopic (exact) mass is 287 g/mol. The van der Waals surface area contributed by atoms with Crippen LogP contribution in [0, 0.1) is 5.82 Å². The lowest BCUT2D eigenvalue weighted by atomic mass is 10.0. The third kappa shape index (κ3) is 2.63. The lowest BCUT2D eigenvalue weighted by Crippen LogP contribution is -2.50. The number of carbonyl (C=O) groups excluding carboxylic acids is 1. The van der Waals surface area contributed by atoms with E-state index in [0.717, 1.165) is 0 Å². The van der Waals surface area contributed by atoms with E-state index in [0.29, 0.717) is 36.0 Å². The van der Waals surface area contributed by atoms with Crippen molar-refractivity contribution in [3.05, 3.63) is 47.8 Å². The first-order valence-corrected chi connectivity index (χ1v) is 7.08. The minimum Gasteiger partial charge on any atom is -0.372 e. The molecule has 2 aromatic carbocycles. The molecule has 1 aliphatic rings. The predicted octanol–water partition coefficient (Wildman–Crippen LogP) is 3.23. The molecule has 110 valence electrons. The summed E-state index contributed by atoms with van der Waals surface area (Å²) in [4.78, 5) is 14.5. The number of halogens is 1. The number of hydrogen-bond donors (Lipinski definition) is 0. The number of morpholine rings is 1. The first kappa shape index (κ1) is 14.0. The van der Waals surface area contributed by atoms with Crippen LogP contribution in [0.5, 0.6) is 0 Å². The summed E-state index contributed by atoms with van der Waals surface area (Å²) in [5.74, 6) is -0.368. The molecule has 21 heavy (non-hydrogen) atoms. The average molecular weight is 287 g/mol. The molecule has 4 heteroatoms. The van der Waals surface area contributed by atoms with Crippen molar-refractivity contribution in [1.82, 2.24) is 4.90 Å². The maximum Gasteiger partial charge on any atom is 0.254 e. The van der Waals surface area contributed by atoms with E-state index in [2.05, 4.69) is 0 Å². The standard InChI is InChI=1S/C17H18FNO2/c1-17(2)11-19(9-10-21-17)16(20)14-7-8-15(18)13-6-4-3-5-12(13)14/h3-8H,9-11H2,1-2H3. The zero-order valence-corrected chi connectivity index (χ0v) is 12.2. The Bertz CT molecular complexity index is 696. The van der Waals surface area contributed by atoms with E-state index >= 15 is 0 Å². The van der Waals surface area contributed by atoms with Crippen LogP contribution in [-0.4, -0.2) is 36.1 Å². The quantitative estimate of drug-likeness (QED) is 0.806. The number of benzene rings is 2. The molecule has 0 unspecified atom stereocenters. The third-order valence-corrected chi connectivity index (χ3v) is 3.81. The van der Waals surface area contributed by atoms with Crippen LogP contribution in [0.1, 0.15) is 24.2 Å². The van der Waals surface area contributed by atoms with Crippen molar-refractivity contribution in [1.29, 1.82) is 0 Å². The SMILES string of the molecule is CC1(C)CN(C(=O)c2ccc(F)c3ccccc23)CCO1. The maximum absolute atomic E-state index is 13.9. The van der Waals surface area contributed by atoms with Crippen molar-refractivity contribution in [2.24, 2.45) is 0 Å². The molecule has 0 atom stereocenters. The fourth-order valence-electron chi connectivity index (χ4n) is 2.81. The lowest BCUT2D eigenvalue weighted by Gasteiger charge is -2.38. The van der Waals surface area contributed by atoms with Gasteiger partial charge in [-0.05, 0) is 31.4 Å². The van der Waals surface area contributed by atoms with E-state index in [4.69, 9.17) is 4.74 Å². The molecular formula is C17H18FNO2. The zero-order chi connectivity index (χ0) is 15.0. The van der Waals surface area contributed by atoms with Gasteiger partial charge in [0.05, 0.1) is 12.2 Å². The summed E-state index contributed by atoms with van der Waals surface area (Å²) in [5.41, 5.74) is 0.203. The van der Waals surface area contributed by atoms with Crippen LogP contribution < -0.4 is 0 Å². The molecule has 0 N–H and O–H groups in total. The van der Waals surface area contributed by atoms with Crippen molar-refractivity contribution in [3.63, 3.8) is 0 Å². The van der Waals surface area contributed by atoms with Gasteiger partial charge in [-0.15, -0.1) is 0 Å². The summed E-state index contributed by atoms with van der Waals surface area (Å²) < 4.78 is 19.5. The molecule has 2 aromatic rings. The van der Waals surface area contributed by atoms with Gasteiger partial charge in [-0.2, -0.15) is 0 Å². The fraction of sp³-hybridized carbons (Fsp3) is 0.353. The highest BCUT2D eigenvalue weighted by Crippen LogP contribution is 2.25. The second-order valence-corrected chi connectivity index (χ2v) is 5.98. The highest BCUT2D eigenvalue weighted by molar-refractivity contribution is 6.07. The summed E-state index contributed by atoms with van der Waals surface area (Å²) in [6.45, 7) is 5.56. The largest absolute Gasteiger partial charge is 0.372 e. The minimum absolute atomic E-state index is 0.0671. The Morgan fingerprint density at radius 2 is 1.90 bits per heavy atom. The highest BCUT2D eigenvalue weighted by Gasteiger charge is 2.31. The molecule has 1 fully saturated rings. The van der Waals surface area contributed by atoms with Gasteiger partial charge in [-0.1, -0.05) is 24.3 Å². The Morgan fingerprint density at radius 3 is 2.62 bits per heavy atom. The van der Waals surface area contributed by atoms with Crippen LogP contribution in [-0.2, 0) is 4.74 Å². The maximum atomic E-state index is 13.9. The number of nitrogens with zero attached hydrogens (tertiary/aromatic N) is 1. The normalized spacial score (nSPS) is 18.0. The number of carbonyl (C=O) groups is 1. The van der Waals surface area contributed by atoms with Crippen LogP contribution in [0.25, 0.3) is 10.8 Å². The predicted molar refractivity (Wildman–Crippen MR) is 79.8 cm³/mol. The number of rotatable bonds is 1. The Morgan fingerprint density at radius 1 is 1.19 bits per heavy atom. The summed E-state index contributed by atoms with van der Waals surface area (Å²) in [6, 6.07) is 10.0. The van der Waals surface area contributed by atoms with Crippen molar-refractivity contribution in [2.75, 3.05) is 19.7 Å². The number of hydrogen-bond acceptors (Lipinski definition) is 2. The molecule has 1 heterocycles. The molecule has 0 saturated carbocycles. The summed E-state index contributed by atoms with van der Waals surface area (Å²) in [5, 5.41) is 1.14. The molecule has 0 aliphatic carbocycles. The smallest absolute Gasteiger partial charge is 0.254 e. The summed E-state index contributed by atoms with van der Waals surface area (Å²) in [7, 11) is 0. The Labute approximate surface area is 123 Å². The lowest BCUT2D eigenvalue weighted by molar-refractivity contribution is -0.0763. The van der Waals surface area contributed by atoms with Crippen LogP contribution in [0.3, 0.4) is 0 Å². The van der Waals surface area contributed by atoms with Crippen LogP contribution in [0.2, 0.25) is 0 Å². The van der Waals surface area contributed by atoms with Gasteiger partial charge >= 0.3 is 0 Å². The Kier molecular flexibility index (Phi) is 3.41. The molecule has 0 bridgehead atoms.